The van der Waals surface area contributed by atoms with Gasteiger partial charge >= 0.3 is 0 Å². The Morgan fingerprint density at radius 1 is 1.38 bits per heavy atom. The lowest BCUT2D eigenvalue weighted by Gasteiger charge is -2.12. The van der Waals surface area contributed by atoms with Gasteiger partial charge in [-0.1, -0.05) is 0 Å². The number of amides is 1. The van der Waals surface area contributed by atoms with Gasteiger partial charge in [0.2, 0.25) is 0 Å². The van der Waals surface area contributed by atoms with Crippen LogP contribution < -0.4 is 15.8 Å². The van der Waals surface area contributed by atoms with Crippen LogP contribution in [0.4, 0.5) is 14.5 Å². The van der Waals surface area contributed by atoms with E-state index < -0.39 is 17.7 Å². The molecule has 1 atom stereocenters. The van der Waals surface area contributed by atoms with Crippen molar-refractivity contribution in [1.29, 1.82) is 0 Å². The molecule has 0 radical (unpaired) electrons. The summed E-state index contributed by atoms with van der Waals surface area (Å²) in [6.07, 6.45) is -0.283. The summed E-state index contributed by atoms with van der Waals surface area (Å²) in [6, 6.07) is 1.67. The Morgan fingerprint density at radius 2 is 2.12 bits per heavy atom. The summed E-state index contributed by atoms with van der Waals surface area (Å²) in [5.74, 6) is -2.23. The van der Waals surface area contributed by atoms with Gasteiger partial charge in [-0.3, -0.25) is 4.79 Å². The molecule has 0 spiro atoms. The van der Waals surface area contributed by atoms with E-state index in [9.17, 15) is 13.6 Å². The average Bonchev–Trinajstić information content (AvgIpc) is 2.61. The first kappa shape index (κ1) is 10.7. The molecule has 1 heterocycles. The van der Waals surface area contributed by atoms with Gasteiger partial charge < -0.3 is 15.8 Å². The van der Waals surface area contributed by atoms with Gasteiger partial charge in [0.05, 0.1) is 5.69 Å². The smallest absolute Gasteiger partial charge is 0.261 e. The highest BCUT2D eigenvalue weighted by Crippen LogP contribution is 2.25. The molecule has 16 heavy (non-hydrogen) atoms. The van der Waals surface area contributed by atoms with Crippen molar-refractivity contribution in [2.45, 2.75) is 12.5 Å². The Morgan fingerprint density at radius 3 is 2.75 bits per heavy atom. The minimum atomic E-state index is -0.869. The van der Waals surface area contributed by atoms with Gasteiger partial charge in [0.25, 0.3) is 5.91 Å². The molecule has 0 bridgehead atoms. The van der Waals surface area contributed by atoms with Crippen LogP contribution in [0.5, 0.6) is 5.75 Å². The van der Waals surface area contributed by atoms with E-state index in [1.807, 2.05) is 0 Å². The van der Waals surface area contributed by atoms with E-state index in [2.05, 4.69) is 5.32 Å². The van der Waals surface area contributed by atoms with Crippen LogP contribution >= 0.6 is 0 Å². The summed E-state index contributed by atoms with van der Waals surface area (Å²) in [6.45, 7) is 0.488. The molecule has 1 amide bonds. The van der Waals surface area contributed by atoms with Crippen LogP contribution in [0, 0.1) is 11.6 Å². The molecule has 4 nitrogen and oxygen atoms in total. The zero-order chi connectivity index (χ0) is 11.7. The maximum Gasteiger partial charge on any atom is 0.261 e. The monoisotopic (exact) mass is 228 g/mol. The molecule has 1 aromatic carbocycles. The van der Waals surface area contributed by atoms with Gasteiger partial charge in [-0.25, -0.2) is 8.78 Å². The molecule has 1 fully saturated rings. The molecule has 0 unspecified atom stereocenters. The topological polar surface area (TPSA) is 64.3 Å². The zero-order valence-corrected chi connectivity index (χ0v) is 8.30. The molecule has 1 aliphatic rings. The number of rotatable bonds is 2. The molecule has 86 valence electrons. The normalized spacial score (nSPS) is 19.6. The lowest BCUT2D eigenvalue weighted by molar-refractivity contribution is -0.124. The number of halogens is 2. The van der Waals surface area contributed by atoms with E-state index in [0.29, 0.717) is 19.0 Å². The van der Waals surface area contributed by atoms with Gasteiger partial charge in [-0.15, -0.1) is 0 Å². The van der Waals surface area contributed by atoms with E-state index >= 15 is 0 Å². The number of nitrogen functional groups attached to an aromatic ring is 1. The predicted molar refractivity (Wildman–Crippen MR) is 52.8 cm³/mol. The van der Waals surface area contributed by atoms with Gasteiger partial charge in [0.1, 0.15) is 5.82 Å². The number of carbonyl (C=O) groups is 1. The zero-order valence-electron chi connectivity index (χ0n) is 8.30. The summed E-state index contributed by atoms with van der Waals surface area (Å²) in [5.41, 5.74) is 5.06. The van der Waals surface area contributed by atoms with Crippen molar-refractivity contribution in [3.63, 3.8) is 0 Å². The molecule has 1 saturated heterocycles. The van der Waals surface area contributed by atoms with Crippen molar-refractivity contribution in [2.24, 2.45) is 0 Å². The number of nitrogens with two attached hydrogens (primary N) is 1. The third-order valence-electron chi connectivity index (χ3n) is 2.32. The molecular formula is C10H10F2N2O2. The largest absolute Gasteiger partial charge is 0.477 e. The highest BCUT2D eigenvalue weighted by atomic mass is 19.1. The second kappa shape index (κ2) is 3.96. The van der Waals surface area contributed by atoms with E-state index in [0.717, 1.165) is 6.07 Å². The van der Waals surface area contributed by atoms with Crippen LogP contribution in [0.15, 0.2) is 12.1 Å². The molecule has 6 heteroatoms. The molecule has 2 rings (SSSR count). The minimum absolute atomic E-state index is 0.207. The number of hydrogen-bond donors (Lipinski definition) is 2. The fraction of sp³-hybridized carbons (Fsp3) is 0.300. The van der Waals surface area contributed by atoms with E-state index in [4.69, 9.17) is 10.5 Å². The van der Waals surface area contributed by atoms with Crippen molar-refractivity contribution in [3.8, 4) is 5.75 Å². The molecule has 1 aliphatic heterocycles. The maximum absolute atomic E-state index is 13.3. The summed E-state index contributed by atoms with van der Waals surface area (Å²) in [4.78, 5) is 11.2. The third-order valence-corrected chi connectivity index (χ3v) is 2.32. The first-order valence-electron chi connectivity index (χ1n) is 4.77. The first-order valence-corrected chi connectivity index (χ1v) is 4.77. The fourth-order valence-corrected chi connectivity index (χ4v) is 1.47. The molecule has 0 saturated carbocycles. The molecule has 0 aromatic heterocycles. The summed E-state index contributed by atoms with van der Waals surface area (Å²) < 4.78 is 31.2. The average molecular weight is 228 g/mol. The fourth-order valence-electron chi connectivity index (χ4n) is 1.47. The van der Waals surface area contributed by atoms with Crippen LogP contribution in [-0.2, 0) is 4.79 Å². The second-order valence-corrected chi connectivity index (χ2v) is 3.49. The van der Waals surface area contributed by atoms with E-state index in [-0.39, 0.29) is 17.3 Å². The lowest BCUT2D eigenvalue weighted by atomic mass is 10.2. The van der Waals surface area contributed by atoms with Crippen LogP contribution in [-0.4, -0.2) is 18.6 Å². The van der Waals surface area contributed by atoms with Crippen LogP contribution in [0.2, 0.25) is 0 Å². The highest BCUT2D eigenvalue weighted by Gasteiger charge is 2.27. The Balaban J connectivity index is 2.21. The lowest BCUT2D eigenvalue weighted by Crippen LogP contribution is -2.28. The van der Waals surface area contributed by atoms with Crippen molar-refractivity contribution < 1.29 is 18.3 Å². The number of hydrogen-bond acceptors (Lipinski definition) is 3. The van der Waals surface area contributed by atoms with Crippen LogP contribution in [0.1, 0.15) is 6.42 Å². The molecular weight excluding hydrogens is 218 g/mol. The second-order valence-electron chi connectivity index (χ2n) is 3.49. The number of benzene rings is 1. The molecule has 3 N–H and O–H groups in total. The quantitative estimate of drug-likeness (QED) is 0.736. The summed E-state index contributed by atoms with van der Waals surface area (Å²) >= 11 is 0. The first-order chi connectivity index (χ1) is 7.58. The van der Waals surface area contributed by atoms with Crippen molar-refractivity contribution >= 4 is 11.6 Å². The number of nitrogens with one attached hydrogen (secondary N) is 1. The minimum Gasteiger partial charge on any atom is -0.477 e. The Bertz CT molecular complexity index is 437. The molecule has 0 aliphatic carbocycles. The van der Waals surface area contributed by atoms with Gasteiger partial charge in [0, 0.05) is 25.1 Å². The van der Waals surface area contributed by atoms with E-state index in [1.165, 1.54) is 0 Å². The Labute approximate surface area is 90.4 Å². The number of ether oxygens (including phenoxy) is 1. The number of carbonyl (C=O) groups excluding carboxylic acids is 1. The summed E-state index contributed by atoms with van der Waals surface area (Å²) in [5, 5.41) is 2.54. The standard InChI is InChI=1S/C10H10F2N2O2/c11-5-3-6(12)9(4-7(5)13)16-8-1-2-14-10(8)15/h3-4,8H,1-2,13H2,(H,14,15)/t8-/m1/s1. The third kappa shape index (κ3) is 1.91. The Hall–Kier alpha value is -1.85. The van der Waals surface area contributed by atoms with Gasteiger partial charge in [-0.05, 0) is 0 Å². The Kier molecular flexibility index (Phi) is 2.64. The maximum atomic E-state index is 13.3. The van der Waals surface area contributed by atoms with Crippen molar-refractivity contribution in [3.05, 3.63) is 23.8 Å². The highest BCUT2D eigenvalue weighted by molar-refractivity contribution is 5.83. The van der Waals surface area contributed by atoms with Crippen molar-refractivity contribution in [1.82, 2.24) is 5.32 Å². The molecule has 1 aromatic rings. The van der Waals surface area contributed by atoms with Gasteiger partial charge in [-0.2, -0.15) is 0 Å². The SMILES string of the molecule is Nc1cc(O[C@@H]2CCNC2=O)c(F)cc1F. The van der Waals surface area contributed by atoms with E-state index in [1.54, 1.807) is 0 Å². The van der Waals surface area contributed by atoms with Gasteiger partial charge in [0.15, 0.2) is 17.7 Å². The van der Waals surface area contributed by atoms with Crippen LogP contribution in [0.25, 0.3) is 0 Å². The van der Waals surface area contributed by atoms with Crippen molar-refractivity contribution in [2.75, 3.05) is 12.3 Å². The number of anilines is 1. The van der Waals surface area contributed by atoms with Crippen LogP contribution in [0.3, 0.4) is 0 Å². The predicted octanol–water partition coefficient (Wildman–Crippen LogP) is 0.814. The summed E-state index contributed by atoms with van der Waals surface area (Å²) in [7, 11) is 0.